The maximum atomic E-state index is 13.0. The van der Waals surface area contributed by atoms with Gasteiger partial charge in [-0.25, -0.2) is 4.98 Å². The minimum absolute atomic E-state index is 0.194. The van der Waals surface area contributed by atoms with Gasteiger partial charge in [-0.15, -0.1) is 0 Å². The molecule has 2 aromatic rings. The molecule has 1 aliphatic rings. The summed E-state index contributed by atoms with van der Waals surface area (Å²) in [6, 6.07) is 8.72. The van der Waals surface area contributed by atoms with Gasteiger partial charge in [0.25, 0.3) is 5.91 Å². The first-order valence-electron chi connectivity index (χ1n) is 9.70. The number of rotatable bonds is 4. The number of nitrogens with one attached hydrogen (secondary N) is 2. The molecule has 1 saturated carbocycles. The van der Waals surface area contributed by atoms with Gasteiger partial charge in [-0.1, -0.05) is 6.07 Å². The Bertz CT molecular complexity index is 988. The van der Waals surface area contributed by atoms with Gasteiger partial charge in [-0.05, 0) is 56.0 Å². The smallest absolute Gasteiger partial charge is 0.382 e. The number of anilines is 1. The van der Waals surface area contributed by atoms with Crippen LogP contribution in [0.3, 0.4) is 0 Å². The maximum Gasteiger partial charge on any atom is 0.433 e. The number of hydrogen-bond acceptors (Lipinski definition) is 4. The molecule has 1 aliphatic carbocycles. The molecular formula is C21H18F6N4O. The van der Waals surface area contributed by atoms with Gasteiger partial charge in [0.05, 0.1) is 11.6 Å². The molecule has 32 heavy (non-hydrogen) atoms. The van der Waals surface area contributed by atoms with Gasteiger partial charge < -0.3 is 10.6 Å². The van der Waals surface area contributed by atoms with E-state index >= 15 is 0 Å². The summed E-state index contributed by atoms with van der Waals surface area (Å²) >= 11 is 0. The molecular weight excluding hydrogens is 438 g/mol. The summed E-state index contributed by atoms with van der Waals surface area (Å²) in [6.07, 6.45) is -8.16. The first-order valence-corrected chi connectivity index (χ1v) is 9.70. The highest BCUT2D eigenvalue weighted by Crippen LogP contribution is 2.35. The highest BCUT2D eigenvalue weighted by atomic mass is 19.4. The lowest BCUT2D eigenvalue weighted by atomic mass is 9.90. The third-order valence-corrected chi connectivity index (χ3v) is 5.09. The number of pyridine rings is 1. The van der Waals surface area contributed by atoms with Crippen molar-refractivity contribution >= 4 is 11.6 Å². The van der Waals surface area contributed by atoms with Crippen molar-refractivity contribution in [3.8, 4) is 6.07 Å². The third-order valence-electron chi connectivity index (χ3n) is 5.09. The highest BCUT2D eigenvalue weighted by molar-refractivity contribution is 5.94. The van der Waals surface area contributed by atoms with Crippen LogP contribution in [0.15, 0.2) is 36.4 Å². The van der Waals surface area contributed by atoms with Gasteiger partial charge in [-0.2, -0.15) is 31.6 Å². The zero-order valence-electron chi connectivity index (χ0n) is 16.5. The van der Waals surface area contributed by atoms with Crippen LogP contribution in [0.1, 0.15) is 53.0 Å². The number of carbonyl (C=O) groups is 1. The molecule has 0 aliphatic heterocycles. The molecule has 1 amide bonds. The van der Waals surface area contributed by atoms with Gasteiger partial charge >= 0.3 is 12.4 Å². The van der Waals surface area contributed by atoms with E-state index in [2.05, 4.69) is 15.6 Å². The Morgan fingerprint density at radius 3 is 2.03 bits per heavy atom. The van der Waals surface area contributed by atoms with E-state index in [9.17, 15) is 31.1 Å². The van der Waals surface area contributed by atoms with Gasteiger partial charge in [0.15, 0.2) is 0 Å². The van der Waals surface area contributed by atoms with Crippen LogP contribution in [0.2, 0.25) is 0 Å². The number of halogens is 6. The monoisotopic (exact) mass is 456 g/mol. The second-order valence-electron chi connectivity index (χ2n) is 7.48. The number of nitrogens with zero attached hydrogens (tertiary/aromatic N) is 2. The largest absolute Gasteiger partial charge is 0.433 e. The fourth-order valence-electron chi connectivity index (χ4n) is 3.52. The maximum absolute atomic E-state index is 13.0. The molecule has 0 unspecified atom stereocenters. The Morgan fingerprint density at radius 1 is 0.938 bits per heavy atom. The number of nitriles is 1. The van der Waals surface area contributed by atoms with Gasteiger partial charge in [-0.3, -0.25) is 4.79 Å². The lowest BCUT2D eigenvalue weighted by Crippen LogP contribution is -2.40. The topological polar surface area (TPSA) is 77.8 Å². The molecule has 1 aromatic carbocycles. The van der Waals surface area contributed by atoms with E-state index in [0.717, 1.165) is 0 Å². The van der Waals surface area contributed by atoms with Crippen molar-refractivity contribution in [2.24, 2.45) is 0 Å². The molecule has 11 heteroatoms. The Balaban J connectivity index is 1.62. The molecule has 3 rings (SSSR count). The lowest BCUT2D eigenvalue weighted by molar-refractivity contribution is -0.150. The number of carbonyl (C=O) groups excluding carboxylic acids is 1. The van der Waals surface area contributed by atoms with Crippen molar-refractivity contribution in [1.82, 2.24) is 10.3 Å². The average Bonchev–Trinajstić information content (AvgIpc) is 2.73. The standard InChI is InChI=1S/C21H18F6N4O/c22-20(23,24)17-9-16(10-18(31-17)21(25,26)27)29-14-4-6-15(7-5-14)30-19(32)13-3-1-2-12(8-13)11-28/h1-3,8-10,14-15H,4-7H2,(H,29,31)(H,30,32). The lowest BCUT2D eigenvalue weighted by Gasteiger charge is -2.30. The summed E-state index contributed by atoms with van der Waals surface area (Å²) in [5, 5.41) is 14.5. The number of aromatic nitrogens is 1. The van der Waals surface area contributed by atoms with Crippen molar-refractivity contribution in [2.75, 3.05) is 5.32 Å². The Kier molecular flexibility index (Phi) is 6.62. The molecule has 1 fully saturated rings. The SMILES string of the molecule is N#Cc1cccc(C(=O)NC2CCC(Nc3cc(C(F)(F)F)nc(C(F)(F)F)c3)CC2)c1. The van der Waals surface area contributed by atoms with Crippen LogP contribution >= 0.6 is 0 Å². The van der Waals surface area contributed by atoms with Gasteiger partial charge in [0.1, 0.15) is 11.4 Å². The molecule has 0 saturated heterocycles. The van der Waals surface area contributed by atoms with Crippen molar-refractivity contribution in [3.63, 3.8) is 0 Å². The second kappa shape index (κ2) is 9.06. The van der Waals surface area contributed by atoms with Crippen molar-refractivity contribution < 1.29 is 31.1 Å². The van der Waals surface area contributed by atoms with Crippen LogP contribution in [0, 0.1) is 11.3 Å². The summed E-state index contributed by atoms with van der Waals surface area (Å²) in [6.45, 7) is 0. The average molecular weight is 456 g/mol. The van der Waals surface area contributed by atoms with E-state index in [4.69, 9.17) is 5.26 Å². The predicted molar refractivity (Wildman–Crippen MR) is 103 cm³/mol. The van der Waals surface area contributed by atoms with Crippen molar-refractivity contribution in [1.29, 1.82) is 5.26 Å². The molecule has 0 spiro atoms. The van der Waals surface area contributed by atoms with E-state index in [0.29, 0.717) is 48.9 Å². The zero-order valence-corrected chi connectivity index (χ0v) is 16.5. The van der Waals surface area contributed by atoms with Crippen LogP contribution in [0.25, 0.3) is 0 Å². The number of alkyl halides is 6. The molecule has 0 bridgehead atoms. The second-order valence-corrected chi connectivity index (χ2v) is 7.48. The quantitative estimate of drug-likeness (QED) is 0.625. The van der Waals surface area contributed by atoms with E-state index in [1.165, 1.54) is 6.07 Å². The summed E-state index contributed by atoms with van der Waals surface area (Å²) in [4.78, 5) is 15.1. The van der Waals surface area contributed by atoms with Gasteiger partial charge in [0.2, 0.25) is 0 Å². The molecule has 5 nitrogen and oxygen atoms in total. The minimum Gasteiger partial charge on any atom is -0.382 e. The van der Waals surface area contributed by atoms with Gasteiger partial charge in [0, 0.05) is 23.3 Å². The molecule has 0 atom stereocenters. The fourth-order valence-corrected chi connectivity index (χ4v) is 3.52. The first kappa shape index (κ1) is 23.4. The molecule has 1 heterocycles. The number of benzene rings is 1. The van der Waals surface area contributed by atoms with Crippen LogP contribution in [-0.4, -0.2) is 23.0 Å². The van der Waals surface area contributed by atoms with Crippen molar-refractivity contribution in [2.45, 2.75) is 50.1 Å². The summed E-state index contributed by atoms with van der Waals surface area (Å²) in [5.41, 5.74) is -2.86. The van der Waals surface area contributed by atoms with E-state index in [-0.39, 0.29) is 23.7 Å². The predicted octanol–water partition coefficient (Wildman–Crippen LogP) is 5.14. The molecule has 1 aromatic heterocycles. The Morgan fingerprint density at radius 2 is 1.50 bits per heavy atom. The van der Waals surface area contributed by atoms with Crippen LogP contribution in [0.5, 0.6) is 0 Å². The van der Waals surface area contributed by atoms with Crippen molar-refractivity contribution in [3.05, 3.63) is 58.9 Å². The molecule has 2 N–H and O–H groups in total. The highest BCUT2D eigenvalue weighted by Gasteiger charge is 2.39. The molecule has 0 radical (unpaired) electrons. The Hall–Kier alpha value is -3.29. The normalized spacial score (nSPS) is 19.2. The fraction of sp³-hybridized carbons (Fsp3) is 0.381. The van der Waals surface area contributed by atoms with Crippen LogP contribution in [0.4, 0.5) is 32.0 Å². The molecule has 170 valence electrons. The van der Waals surface area contributed by atoms with Crippen LogP contribution < -0.4 is 10.6 Å². The first-order chi connectivity index (χ1) is 15.0. The third kappa shape index (κ3) is 5.90. The summed E-state index contributed by atoms with van der Waals surface area (Å²) < 4.78 is 77.8. The zero-order chi connectivity index (χ0) is 23.5. The number of hydrogen-bond donors (Lipinski definition) is 2. The van der Waals surface area contributed by atoms with E-state index in [1.54, 1.807) is 18.2 Å². The summed E-state index contributed by atoms with van der Waals surface area (Å²) in [7, 11) is 0. The van der Waals surface area contributed by atoms with Crippen LogP contribution in [-0.2, 0) is 12.4 Å². The van der Waals surface area contributed by atoms with E-state index < -0.39 is 23.7 Å². The minimum atomic E-state index is -5.01. The Labute approximate surface area is 179 Å². The summed E-state index contributed by atoms with van der Waals surface area (Å²) in [5.74, 6) is -0.350. The number of amides is 1. The van der Waals surface area contributed by atoms with E-state index in [1.807, 2.05) is 6.07 Å².